The predicted octanol–water partition coefficient (Wildman–Crippen LogP) is 7.49. The Kier molecular flexibility index (Phi) is 12.7. The van der Waals surface area contributed by atoms with Crippen molar-refractivity contribution in [3.8, 4) is 11.5 Å². The number of esters is 2. The number of halogens is 3. The van der Waals surface area contributed by atoms with Crippen LogP contribution in [0.4, 0.5) is 13.2 Å². The number of hydrogen-bond acceptors (Lipinski definition) is 5. The molecule has 37 heavy (non-hydrogen) atoms. The minimum atomic E-state index is -1.78. The second kappa shape index (κ2) is 15.4. The molecule has 0 aliphatic heterocycles. The molecule has 0 radical (unpaired) electrons. The SMILES string of the molecule is CCCCOC(=O)c1cc(F)c(OC(=O)c2ccc(OCCCC(CCCC)[SiH](C)C)cc2)c(F)c1F. The highest BCUT2D eigenvalue weighted by Crippen LogP contribution is 2.29. The minimum absolute atomic E-state index is 0.0000439. The van der Waals surface area contributed by atoms with Gasteiger partial charge in [0.25, 0.3) is 0 Å². The van der Waals surface area contributed by atoms with Crippen molar-refractivity contribution in [2.24, 2.45) is 0 Å². The summed E-state index contributed by atoms with van der Waals surface area (Å²) in [6.45, 7) is 9.36. The predicted molar refractivity (Wildman–Crippen MR) is 140 cm³/mol. The summed E-state index contributed by atoms with van der Waals surface area (Å²) in [5.41, 5.74) is -0.105. The number of carbonyl (C=O) groups is 2. The zero-order valence-corrected chi connectivity index (χ0v) is 23.2. The highest BCUT2D eigenvalue weighted by molar-refractivity contribution is 6.57. The lowest BCUT2D eigenvalue weighted by Crippen LogP contribution is -2.15. The molecule has 0 bridgehead atoms. The Labute approximate surface area is 218 Å². The summed E-state index contributed by atoms with van der Waals surface area (Å²) in [5, 5.41) is 0. The molecule has 0 saturated heterocycles. The molecule has 2 aromatic carbocycles. The van der Waals surface area contributed by atoms with Crippen LogP contribution in [0.3, 0.4) is 0 Å². The molecule has 0 spiro atoms. The van der Waals surface area contributed by atoms with E-state index in [4.69, 9.17) is 14.2 Å². The molecule has 9 heteroatoms. The topological polar surface area (TPSA) is 61.8 Å². The van der Waals surface area contributed by atoms with E-state index in [2.05, 4.69) is 20.0 Å². The van der Waals surface area contributed by atoms with Crippen LogP contribution >= 0.6 is 0 Å². The van der Waals surface area contributed by atoms with Crippen LogP contribution in [0, 0.1) is 17.5 Å². The van der Waals surface area contributed by atoms with Crippen molar-refractivity contribution in [1.29, 1.82) is 0 Å². The third-order valence-corrected chi connectivity index (χ3v) is 8.76. The van der Waals surface area contributed by atoms with Gasteiger partial charge in [-0.05, 0) is 55.1 Å². The van der Waals surface area contributed by atoms with E-state index in [-0.39, 0.29) is 12.2 Å². The van der Waals surface area contributed by atoms with Gasteiger partial charge in [0.05, 0.1) is 18.8 Å². The smallest absolute Gasteiger partial charge is 0.343 e. The van der Waals surface area contributed by atoms with Crippen LogP contribution in [0.25, 0.3) is 0 Å². The molecule has 0 amide bonds. The van der Waals surface area contributed by atoms with E-state index < -0.39 is 49.5 Å². The Hall–Kier alpha value is -2.81. The van der Waals surface area contributed by atoms with Gasteiger partial charge in [0.15, 0.2) is 11.6 Å². The number of unbranched alkanes of at least 4 members (excludes halogenated alkanes) is 2. The Morgan fingerprint density at radius 1 is 0.865 bits per heavy atom. The molecule has 2 aromatic rings. The normalized spacial score (nSPS) is 11.9. The van der Waals surface area contributed by atoms with Crippen LogP contribution in [0.15, 0.2) is 30.3 Å². The maximum Gasteiger partial charge on any atom is 0.343 e. The lowest BCUT2D eigenvalue weighted by Gasteiger charge is -2.19. The molecule has 0 heterocycles. The maximum absolute atomic E-state index is 14.4. The van der Waals surface area contributed by atoms with Gasteiger partial charge in [0.1, 0.15) is 11.3 Å². The lowest BCUT2D eigenvalue weighted by molar-refractivity contribution is 0.0492. The van der Waals surface area contributed by atoms with Crippen molar-refractivity contribution < 1.29 is 37.0 Å². The molecule has 1 unspecified atom stereocenters. The molecule has 0 aliphatic rings. The first kappa shape index (κ1) is 30.4. The summed E-state index contributed by atoms with van der Waals surface area (Å²) < 4.78 is 58.6. The second-order valence-electron chi connectivity index (χ2n) is 9.40. The summed E-state index contributed by atoms with van der Waals surface area (Å²) in [6, 6.07) is 6.37. The van der Waals surface area contributed by atoms with Gasteiger partial charge in [-0.1, -0.05) is 52.6 Å². The highest BCUT2D eigenvalue weighted by Gasteiger charge is 2.27. The van der Waals surface area contributed by atoms with Crippen LogP contribution in [-0.2, 0) is 4.74 Å². The van der Waals surface area contributed by atoms with Crippen LogP contribution in [0.2, 0.25) is 18.6 Å². The van der Waals surface area contributed by atoms with Gasteiger partial charge < -0.3 is 14.2 Å². The first-order valence-corrected chi connectivity index (χ1v) is 16.0. The number of carbonyl (C=O) groups excluding carboxylic acids is 2. The van der Waals surface area contributed by atoms with Gasteiger partial charge in [0, 0.05) is 8.80 Å². The largest absolute Gasteiger partial charge is 0.494 e. The lowest BCUT2D eigenvalue weighted by atomic mass is 10.1. The first-order valence-electron chi connectivity index (χ1n) is 13.0. The second-order valence-corrected chi connectivity index (χ2v) is 12.8. The van der Waals surface area contributed by atoms with Crippen molar-refractivity contribution in [2.45, 2.75) is 77.4 Å². The molecular weight excluding hydrogens is 501 g/mol. The van der Waals surface area contributed by atoms with Crippen LogP contribution in [-0.4, -0.2) is 33.9 Å². The summed E-state index contributed by atoms with van der Waals surface area (Å²) in [6.07, 6.45) is 7.05. The van der Waals surface area contributed by atoms with Gasteiger partial charge in [0.2, 0.25) is 11.6 Å². The van der Waals surface area contributed by atoms with E-state index in [0.717, 1.165) is 24.8 Å². The third kappa shape index (κ3) is 9.21. The van der Waals surface area contributed by atoms with Gasteiger partial charge >= 0.3 is 11.9 Å². The fraction of sp³-hybridized carbons (Fsp3) is 0.500. The maximum atomic E-state index is 14.4. The van der Waals surface area contributed by atoms with Crippen LogP contribution < -0.4 is 9.47 Å². The van der Waals surface area contributed by atoms with Gasteiger partial charge in [-0.15, -0.1) is 0 Å². The Balaban J connectivity index is 1.96. The Morgan fingerprint density at radius 3 is 2.14 bits per heavy atom. The molecule has 0 fully saturated rings. The van der Waals surface area contributed by atoms with Crippen molar-refractivity contribution in [2.75, 3.05) is 13.2 Å². The highest BCUT2D eigenvalue weighted by atomic mass is 28.3. The van der Waals surface area contributed by atoms with E-state index in [0.29, 0.717) is 24.8 Å². The van der Waals surface area contributed by atoms with Crippen molar-refractivity contribution in [3.05, 3.63) is 58.9 Å². The summed E-state index contributed by atoms with van der Waals surface area (Å²) >= 11 is 0. The quantitative estimate of drug-likeness (QED) is 0.0773. The van der Waals surface area contributed by atoms with E-state index in [9.17, 15) is 22.8 Å². The van der Waals surface area contributed by atoms with E-state index in [1.165, 1.54) is 31.4 Å². The summed E-state index contributed by atoms with van der Waals surface area (Å²) in [5.74, 6) is -7.76. The summed E-state index contributed by atoms with van der Waals surface area (Å²) in [7, 11) is -0.713. The molecule has 0 aliphatic carbocycles. The molecule has 204 valence electrons. The zero-order valence-electron chi connectivity index (χ0n) is 22.1. The molecule has 0 aromatic heterocycles. The minimum Gasteiger partial charge on any atom is -0.494 e. The fourth-order valence-electron chi connectivity index (χ4n) is 3.86. The molecule has 1 atom stereocenters. The molecule has 5 nitrogen and oxygen atoms in total. The number of hydrogen-bond donors (Lipinski definition) is 0. The monoisotopic (exact) mass is 538 g/mol. The molecule has 0 saturated carbocycles. The van der Waals surface area contributed by atoms with Crippen molar-refractivity contribution >= 4 is 20.7 Å². The van der Waals surface area contributed by atoms with E-state index >= 15 is 0 Å². The average Bonchev–Trinajstić information content (AvgIpc) is 2.88. The van der Waals surface area contributed by atoms with Gasteiger partial charge in [-0.2, -0.15) is 4.39 Å². The first-order chi connectivity index (χ1) is 17.7. The Morgan fingerprint density at radius 2 is 1.51 bits per heavy atom. The number of rotatable bonds is 15. The van der Waals surface area contributed by atoms with Crippen LogP contribution in [0.1, 0.15) is 79.5 Å². The van der Waals surface area contributed by atoms with E-state index in [1.807, 2.05) is 6.92 Å². The van der Waals surface area contributed by atoms with Crippen LogP contribution in [0.5, 0.6) is 11.5 Å². The summed E-state index contributed by atoms with van der Waals surface area (Å²) in [4.78, 5) is 24.3. The molecule has 2 rings (SSSR count). The van der Waals surface area contributed by atoms with Gasteiger partial charge in [-0.25, -0.2) is 18.4 Å². The van der Waals surface area contributed by atoms with Gasteiger partial charge in [-0.3, -0.25) is 0 Å². The molecular formula is C28H37F3O5Si. The fourth-order valence-corrected chi connectivity index (χ4v) is 5.66. The Bertz CT molecular complexity index is 1030. The standard InChI is InChI=1S/C28H37F3O5Si/c1-5-7-10-21(37(3)4)11-9-17-34-20-14-12-19(13-15-20)27(32)36-26-23(29)18-22(24(30)25(26)31)28(33)35-16-8-6-2/h12-15,18,21,37H,5-11,16-17H2,1-4H3. The third-order valence-electron chi connectivity index (χ3n) is 6.21. The van der Waals surface area contributed by atoms with Crippen molar-refractivity contribution in [3.63, 3.8) is 0 Å². The van der Waals surface area contributed by atoms with Crippen molar-refractivity contribution in [1.82, 2.24) is 0 Å². The molecule has 0 N–H and O–H groups in total. The zero-order chi connectivity index (χ0) is 27.4. The van der Waals surface area contributed by atoms with E-state index in [1.54, 1.807) is 12.1 Å². The number of benzene rings is 2. The average molecular weight is 539 g/mol. The number of ether oxygens (including phenoxy) is 3.